The predicted molar refractivity (Wildman–Crippen MR) is 129 cm³/mol. The van der Waals surface area contributed by atoms with E-state index in [1.165, 1.54) is 36.2 Å². The molecule has 3 unspecified atom stereocenters. The van der Waals surface area contributed by atoms with E-state index < -0.39 is 10.0 Å². The van der Waals surface area contributed by atoms with Gasteiger partial charge in [-0.2, -0.15) is 4.99 Å². The second-order valence-electron chi connectivity index (χ2n) is 9.49. The van der Waals surface area contributed by atoms with Crippen LogP contribution in [0.3, 0.4) is 0 Å². The monoisotopic (exact) mass is 467 g/mol. The van der Waals surface area contributed by atoms with Gasteiger partial charge in [-0.3, -0.25) is 9.38 Å². The number of fused-ring (bicyclic) bond motifs is 1. The van der Waals surface area contributed by atoms with E-state index in [-0.39, 0.29) is 9.51 Å². The molecule has 3 atom stereocenters. The molecule has 0 spiro atoms. The largest absolute Gasteiger partial charge is 0.488 e. The number of benzene rings is 2. The molecule has 0 amide bonds. The SMILES string of the molecule is C[N+]1(CCOc2ccc3c(c2)C(Cc2ccccc2)C(N2CCC2)C3)C=NC(S(N)(=O)=O)=C1. The molecule has 0 aromatic heterocycles. The minimum atomic E-state index is -3.80. The van der Waals surface area contributed by atoms with Gasteiger partial charge in [-0.25, -0.2) is 13.6 Å². The van der Waals surface area contributed by atoms with E-state index in [1.807, 2.05) is 7.05 Å². The highest BCUT2D eigenvalue weighted by Gasteiger charge is 2.38. The molecule has 1 aliphatic carbocycles. The third-order valence-electron chi connectivity index (χ3n) is 7.06. The molecular weight excluding hydrogens is 436 g/mol. The molecule has 2 aliphatic heterocycles. The molecular formula is C25H31N4O3S+. The molecule has 5 rings (SSSR count). The number of nitrogens with two attached hydrogens (primary N) is 1. The van der Waals surface area contributed by atoms with Gasteiger partial charge in [-0.05, 0) is 61.2 Å². The van der Waals surface area contributed by atoms with E-state index in [0.717, 1.165) is 18.6 Å². The number of hydrogen-bond donors (Lipinski definition) is 1. The Hall–Kier alpha value is -2.52. The van der Waals surface area contributed by atoms with Crippen molar-refractivity contribution in [2.75, 3.05) is 33.3 Å². The Balaban J connectivity index is 1.29. The summed E-state index contributed by atoms with van der Waals surface area (Å²) in [6.45, 7) is 3.39. The average molecular weight is 468 g/mol. The van der Waals surface area contributed by atoms with Crippen molar-refractivity contribution < 1.29 is 17.6 Å². The van der Waals surface area contributed by atoms with E-state index in [1.54, 1.807) is 12.5 Å². The van der Waals surface area contributed by atoms with Crippen LogP contribution in [0.15, 0.2) is 64.8 Å². The maximum Gasteiger partial charge on any atom is 0.261 e. The highest BCUT2D eigenvalue weighted by atomic mass is 32.2. The Labute approximate surface area is 195 Å². The third-order valence-corrected chi connectivity index (χ3v) is 7.85. The second-order valence-corrected chi connectivity index (χ2v) is 11.0. The third kappa shape index (κ3) is 4.75. The molecule has 8 heteroatoms. The molecule has 2 N–H and O–H groups in total. The number of sulfonamides is 1. The molecule has 1 saturated heterocycles. The van der Waals surface area contributed by atoms with E-state index in [0.29, 0.717) is 25.1 Å². The van der Waals surface area contributed by atoms with Gasteiger partial charge in [0.1, 0.15) is 25.1 Å². The van der Waals surface area contributed by atoms with Gasteiger partial charge in [-0.15, -0.1) is 0 Å². The zero-order chi connectivity index (χ0) is 23.1. The maximum absolute atomic E-state index is 11.5. The molecule has 174 valence electrons. The number of hydrogen-bond acceptors (Lipinski definition) is 5. The number of ether oxygens (including phenoxy) is 1. The van der Waals surface area contributed by atoms with E-state index >= 15 is 0 Å². The van der Waals surface area contributed by atoms with Crippen LogP contribution in [0.5, 0.6) is 5.75 Å². The lowest BCUT2D eigenvalue weighted by atomic mass is 9.89. The van der Waals surface area contributed by atoms with Gasteiger partial charge in [0, 0.05) is 12.0 Å². The van der Waals surface area contributed by atoms with Gasteiger partial charge in [-0.1, -0.05) is 36.4 Å². The van der Waals surface area contributed by atoms with Crippen LogP contribution in [-0.4, -0.2) is 63.5 Å². The number of rotatable bonds is 8. The molecule has 0 saturated carbocycles. The van der Waals surface area contributed by atoms with Crippen LogP contribution in [0.4, 0.5) is 0 Å². The molecule has 0 bridgehead atoms. The van der Waals surface area contributed by atoms with Crippen LogP contribution >= 0.6 is 0 Å². The number of quaternary nitrogens is 1. The van der Waals surface area contributed by atoms with E-state index in [4.69, 9.17) is 9.88 Å². The molecule has 33 heavy (non-hydrogen) atoms. The Kier molecular flexibility index (Phi) is 5.86. The highest BCUT2D eigenvalue weighted by Crippen LogP contribution is 2.41. The van der Waals surface area contributed by atoms with Gasteiger partial charge in [0.2, 0.25) is 5.03 Å². The molecule has 0 radical (unpaired) electrons. The highest BCUT2D eigenvalue weighted by molar-refractivity contribution is 7.93. The van der Waals surface area contributed by atoms with Crippen molar-refractivity contribution in [1.82, 2.24) is 4.90 Å². The van der Waals surface area contributed by atoms with Crippen molar-refractivity contribution in [1.29, 1.82) is 0 Å². The summed E-state index contributed by atoms with van der Waals surface area (Å²) in [4.78, 5) is 6.58. The summed E-state index contributed by atoms with van der Waals surface area (Å²) in [7, 11) is -1.92. The van der Waals surface area contributed by atoms with Crippen LogP contribution in [-0.2, 0) is 22.9 Å². The zero-order valence-electron chi connectivity index (χ0n) is 18.9. The summed E-state index contributed by atoms with van der Waals surface area (Å²) in [6.07, 6.45) is 6.56. The lowest BCUT2D eigenvalue weighted by Gasteiger charge is -2.39. The lowest BCUT2D eigenvalue weighted by molar-refractivity contribution is -0.756. The van der Waals surface area contributed by atoms with Gasteiger partial charge < -0.3 is 4.74 Å². The Morgan fingerprint density at radius 1 is 1.18 bits per heavy atom. The summed E-state index contributed by atoms with van der Waals surface area (Å²) >= 11 is 0. The first-order chi connectivity index (χ1) is 15.8. The molecule has 2 aromatic carbocycles. The van der Waals surface area contributed by atoms with Crippen LogP contribution < -0.4 is 9.88 Å². The topological polar surface area (TPSA) is 85.0 Å². The summed E-state index contributed by atoms with van der Waals surface area (Å²) in [5, 5.41) is 5.10. The minimum Gasteiger partial charge on any atom is -0.488 e. The fourth-order valence-electron chi connectivity index (χ4n) is 5.08. The summed E-state index contributed by atoms with van der Waals surface area (Å²) in [5.74, 6) is 1.32. The quantitative estimate of drug-likeness (QED) is 0.605. The smallest absolute Gasteiger partial charge is 0.261 e. The van der Waals surface area contributed by atoms with Crippen LogP contribution in [0.1, 0.15) is 29.0 Å². The first-order valence-electron chi connectivity index (χ1n) is 11.5. The number of nitrogens with zero attached hydrogens (tertiary/aromatic N) is 3. The Morgan fingerprint density at radius 3 is 2.64 bits per heavy atom. The zero-order valence-corrected chi connectivity index (χ0v) is 19.7. The van der Waals surface area contributed by atoms with Gasteiger partial charge >= 0.3 is 0 Å². The normalized spacial score (nSPS) is 26.7. The molecule has 2 aromatic rings. The standard InChI is InChI=1S/C25H31N4O3S/c1-29(17-25(27-18-29)33(26,30)31)12-13-32-21-9-8-20-15-24(28-10-5-11-28)23(22(20)16-21)14-19-6-3-2-4-7-19/h2-4,6-9,16-18,23-24H,5,10-15H2,1H3,(H2,26,30,31)/q+1. The summed E-state index contributed by atoms with van der Waals surface area (Å²) in [6, 6.07) is 17.8. The van der Waals surface area contributed by atoms with Gasteiger partial charge in [0.05, 0.1) is 7.05 Å². The van der Waals surface area contributed by atoms with Crippen molar-refractivity contribution in [2.45, 2.75) is 31.2 Å². The molecule has 3 aliphatic rings. The van der Waals surface area contributed by atoms with Crippen molar-refractivity contribution in [3.8, 4) is 5.75 Å². The van der Waals surface area contributed by atoms with Crippen molar-refractivity contribution in [2.24, 2.45) is 10.1 Å². The average Bonchev–Trinajstić information content (AvgIpc) is 3.29. The second kappa shape index (κ2) is 8.68. The van der Waals surface area contributed by atoms with E-state index in [2.05, 4.69) is 58.4 Å². The van der Waals surface area contributed by atoms with Gasteiger partial charge in [0.15, 0.2) is 6.34 Å². The number of likely N-dealkylation sites (tertiary alicyclic amines) is 1. The summed E-state index contributed by atoms with van der Waals surface area (Å²) < 4.78 is 29.4. The predicted octanol–water partition coefficient (Wildman–Crippen LogP) is 2.60. The first-order valence-corrected chi connectivity index (χ1v) is 13.0. The van der Waals surface area contributed by atoms with Crippen molar-refractivity contribution in [3.63, 3.8) is 0 Å². The minimum absolute atomic E-state index is 0.0941. The lowest BCUT2D eigenvalue weighted by Crippen LogP contribution is -2.47. The van der Waals surface area contributed by atoms with E-state index in [9.17, 15) is 8.42 Å². The van der Waals surface area contributed by atoms with Crippen molar-refractivity contribution in [3.05, 3.63) is 76.5 Å². The fourth-order valence-corrected chi connectivity index (χ4v) is 5.66. The Bertz CT molecular complexity index is 1190. The van der Waals surface area contributed by atoms with Crippen molar-refractivity contribution >= 4 is 16.4 Å². The first kappa shape index (κ1) is 22.3. The number of aliphatic imine (C=N–C) groups is 1. The van der Waals surface area contributed by atoms with Gasteiger partial charge in [0.25, 0.3) is 10.0 Å². The number of primary sulfonamides is 1. The molecule has 7 nitrogen and oxygen atoms in total. The maximum atomic E-state index is 11.5. The molecule has 1 fully saturated rings. The fraction of sp³-hybridized carbons (Fsp3) is 0.400. The Morgan fingerprint density at radius 2 is 1.97 bits per heavy atom. The number of likely N-dealkylation sites (N-methyl/N-ethyl adjacent to an activating group) is 1. The van der Waals surface area contributed by atoms with Crippen LogP contribution in [0.25, 0.3) is 0 Å². The van der Waals surface area contributed by atoms with Crippen LogP contribution in [0.2, 0.25) is 0 Å². The van der Waals surface area contributed by atoms with Crippen LogP contribution in [0, 0.1) is 0 Å². The molecule has 2 heterocycles. The summed E-state index contributed by atoms with van der Waals surface area (Å²) in [5.41, 5.74) is 4.19.